The topological polar surface area (TPSA) is 39.9 Å². The highest BCUT2D eigenvalue weighted by atomic mass is 16.5. The van der Waals surface area contributed by atoms with Crippen molar-refractivity contribution in [3.8, 4) is 17.1 Å². The van der Waals surface area contributed by atoms with Crippen molar-refractivity contribution in [1.82, 2.24) is 14.8 Å². The van der Waals surface area contributed by atoms with E-state index in [0.29, 0.717) is 5.92 Å². The Morgan fingerprint density at radius 2 is 1.94 bits per heavy atom. The molecule has 0 spiro atoms. The van der Waals surface area contributed by atoms with E-state index < -0.39 is 0 Å². The van der Waals surface area contributed by atoms with Crippen LogP contribution in [0.3, 0.4) is 0 Å². The lowest BCUT2D eigenvalue weighted by Crippen LogP contribution is -2.05. The summed E-state index contributed by atoms with van der Waals surface area (Å²) in [5.41, 5.74) is 1.06. The fourth-order valence-electron chi connectivity index (χ4n) is 1.75. The number of aromatic nitrogens is 3. The maximum absolute atomic E-state index is 5.14. The van der Waals surface area contributed by atoms with Crippen LogP contribution in [-0.2, 0) is 6.54 Å². The van der Waals surface area contributed by atoms with Crippen molar-refractivity contribution in [2.75, 3.05) is 7.11 Å². The molecule has 1 heterocycles. The van der Waals surface area contributed by atoms with Crippen LogP contribution >= 0.6 is 0 Å². The lowest BCUT2D eigenvalue weighted by molar-refractivity contribution is 0.415. The van der Waals surface area contributed by atoms with Gasteiger partial charge in [0.2, 0.25) is 0 Å². The number of benzene rings is 1. The summed E-state index contributed by atoms with van der Waals surface area (Å²) in [4.78, 5) is 0. The lowest BCUT2D eigenvalue weighted by atomic mass is 10.2. The molecule has 90 valence electrons. The maximum atomic E-state index is 5.14. The first-order valence-corrected chi connectivity index (χ1v) is 5.73. The van der Waals surface area contributed by atoms with Crippen LogP contribution in [-0.4, -0.2) is 21.9 Å². The summed E-state index contributed by atoms with van der Waals surface area (Å²) < 4.78 is 7.21. The van der Waals surface area contributed by atoms with Crippen molar-refractivity contribution >= 4 is 0 Å². The van der Waals surface area contributed by atoms with Gasteiger partial charge in [0.15, 0.2) is 5.82 Å². The van der Waals surface area contributed by atoms with Gasteiger partial charge in [0.25, 0.3) is 0 Å². The average Bonchev–Trinajstić information content (AvgIpc) is 2.76. The van der Waals surface area contributed by atoms with Crippen LogP contribution in [0.25, 0.3) is 11.4 Å². The Labute approximate surface area is 101 Å². The zero-order valence-electron chi connectivity index (χ0n) is 10.4. The van der Waals surface area contributed by atoms with E-state index in [1.54, 1.807) is 13.4 Å². The molecule has 0 aliphatic rings. The van der Waals surface area contributed by atoms with E-state index in [1.165, 1.54) is 0 Å². The van der Waals surface area contributed by atoms with Crippen LogP contribution in [0.2, 0.25) is 0 Å². The van der Waals surface area contributed by atoms with Gasteiger partial charge in [0, 0.05) is 12.1 Å². The molecular formula is C13H17N3O. The Bertz CT molecular complexity index is 474. The number of nitrogens with zero attached hydrogens (tertiary/aromatic N) is 3. The summed E-state index contributed by atoms with van der Waals surface area (Å²) in [5, 5.41) is 8.14. The van der Waals surface area contributed by atoms with Crippen molar-refractivity contribution in [2.24, 2.45) is 5.92 Å². The summed E-state index contributed by atoms with van der Waals surface area (Å²) in [6.07, 6.45) is 1.78. The number of rotatable bonds is 4. The molecule has 0 saturated carbocycles. The second-order valence-corrected chi connectivity index (χ2v) is 4.43. The Balaban J connectivity index is 2.29. The van der Waals surface area contributed by atoms with Crippen molar-refractivity contribution in [3.63, 3.8) is 0 Å². The van der Waals surface area contributed by atoms with Crippen molar-refractivity contribution in [3.05, 3.63) is 30.6 Å². The number of hydrogen-bond donors (Lipinski definition) is 0. The van der Waals surface area contributed by atoms with Gasteiger partial charge in [-0.15, -0.1) is 10.2 Å². The Kier molecular flexibility index (Phi) is 3.42. The molecule has 0 fully saturated rings. The lowest BCUT2D eigenvalue weighted by Gasteiger charge is -2.09. The quantitative estimate of drug-likeness (QED) is 0.812. The smallest absolute Gasteiger partial charge is 0.163 e. The summed E-state index contributed by atoms with van der Waals surface area (Å²) in [7, 11) is 1.66. The monoisotopic (exact) mass is 231 g/mol. The minimum absolute atomic E-state index is 0.572. The van der Waals surface area contributed by atoms with E-state index in [1.807, 2.05) is 24.3 Å². The summed E-state index contributed by atoms with van der Waals surface area (Å²) in [6, 6.07) is 7.87. The Hall–Kier alpha value is -1.84. The van der Waals surface area contributed by atoms with E-state index in [9.17, 15) is 0 Å². The zero-order chi connectivity index (χ0) is 12.3. The predicted molar refractivity (Wildman–Crippen MR) is 66.8 cm³/mol. The minimum atomic E-state index is 0.572. The normalized spacial score (nSPS) is 10.8. The van der Waals surface area contributed by atoms with Gasteiger partial charge in [-0.2, -0.15) is 0 Å². The van der Waals surface area contributed by atoms with Gasteiger partial charge >= 0.3 is 0 Å². The van der Waals surface area contributed by atoms with Crippen LogP contribution < -0.4 is 4.74 Å². The van der Waals surface area contributed by atoms with Gasteiger partial charge in [0.05, 0.1) is 7.11 Å². The molecule has 2 aromatic rings. The fraction of sp³-hybridized carbons (Fsp3) is 0.385. The van der Waals surface area contributed by atoms with E-state index in [-0.39, 0.29) is 0 Å². The van der Waals surface area contributed by atoms with Crippen molar-refractivity contribution < 1.29 is 4.74 Å². The van der Waals surface area contributed by atoms with Crippen LogP contribution in [0.1, 0.15) is 13.8 Å². The molecule has 0 saturated heterocycles. The molecule has 0 N–H and O–H groups in total. The molecule has 1 aromatic heterocycles. The van der Waals surface area contributed by atoms with Crippen LogP contribution in [0.15, 0.2) is 30.6 Å². The average molecular weight is 231 g/mol. The van der Waals surface area contributed by atoms with Crippen LogP contribution in [0, 0.1) is 5.92 Å². The van der Waals surface area contributed by atoms with Crippen molar-refractivity contribution in [1.29, 1.82) is 0 Å². The molecule has 4 heteroatoms. The second kappa shape index (κ2) is 4.99. The van der Waals surface area contributed by atoms with Crippen LogP contribution in [0.5, 0.6) is 5.75 Å². The largest absolute Gasteiger partial charge is 0.497 e. The third-order valence-corrected chi connectivity index (χ3v) is 2.53. The third-order valence-electron chi connectivity index (χ3n) is 2.53. The molecule has 0 unspecified atom stereocenters. The number of ether oxygens (including phenoxy) is 1. The van der Waals surface area contributed by atoms with Gasteiger partial charge in [-0.1, -0.05) is 13.8 Å². The minimum Gasteiger partial charge on any atom is -0.497 e. The molecule has 0 aliphatic carbocycles. The molecule has 2 rings (SSSR count). The first-order chi connectivity index (χ1) is 8.20. The van der Waals surface area contributed by atoms with E-state index in [2.05, 4.69) is 28.6 Å². The molecule has 4 nitrogen and oxygen atoms in total. The molecule has 0 aliphatic heterocycles. The first-order valence-electron chi connectivity index (χ1n) is 5.73. The molecule has 0 bridgehead atoms. The zero-order valence-corrected chi connectivity index (χ0v) is 10.4. The molecule has 0 amide bonds. The Morgan fingerprint density at radius 1 is 1.24 bits per heavy atom. The van der Waals surface area contributed by atoms with E-state index >= 15 is 0 Å². The molecular weight excluding hydrogens is 214 g/mol. The molecule has 0 radical (unpaired) electrons. The standard InChI is InChI=1S/C13H17N3O/c1-10(2)8-16-9-14-15-13(16)11-4-6-12(17-3)7-5-11/h4-7,9-10H,8H2,1-3H3. The van der Waals surface area contributed by atoms with Gasteiger partial charge in [-0.25, -0.2) is 0 Å². The highest BCUT2D eigenvalue weighted by molar-refractivity contribution is 5.56. The number of hydrogen-bond acceptors (Lipinski definition) is 3. The van der Waals surface area contributed by atoms with E-state index in [4.69, 9.17) is 4.74 Å². The SMILES string of the molecule is COc1ccc(-c2nncn2CC(C)C)cc1. The second-order valence-electron chi connectivity index (χ2n) is 4.43. The molecule has 1 aromatic carbocycles. The maximum Gasteiger partial charge on any atom is 0.163 e. The van der Waals surface area contributed by atoms with Gasteiger partial charge in [-0.3, -0.25) is 0 Å². The summed E-state index contributed by atoms with van der Waals surface area (Å²) in [6.45, 7) is 5.28. The highest BCUT2D eigenvalue weighted by Gasteiger charge is 2.08. The highest BCUT2D eigenvalue weighted by Crippen LogP contribution is 2.20. The van der Waals surface area contributed by atoms with Gasteiger partial charge in [-0.05, 0) is 30.2 Å². The third kappa shape index (κ3) is 2.64. The van der Waals surface area contributed by atoms with Gasteiger partial charge in [0.1, 0.15) is 12.1 Å². The predicted octanol–water partition coefficient (Wildman–Crippen LogP) is 2.61. The number of methoxy groups -OCH3 is 1. The van der Waals surface area contributed by atoms with E-state index in [0.717, 1.165) is 23.7 Å². The summed E-state index contributed by atoms with van der Waals surface area (Å²) >= 11 is 0. The van der Waals surface area contributed by atoms with Crippen molar-refractivity contribution in [2.45, 2.75) is 20.4 Å². The first kappa shape index (κ1) is 11.6. The fourth-order valence-corrected chi connectivity index (χ4v) is 1.75. The van der Waals surface area contributed by atoms with Gasteiger partial charge < -0.3 is 9.30 Å². The Morgan fingerprint density at radius 3 is 2.53 bits per heavy atom. The molecule has 0 atom stereocenters. The van der Waals surface area contributed by atoms with Crippen LogP contribution in [0.4, 0.5) is 0 Å². The summed E-state index contributed by atoms with van der Waals surface area (Å²) in [5.74, 6) is 2.33. The molecule has 17 heavy (non-hydrogen) atoms.